The van der Waals surface area contributed by atoms with Crippen LogP contribution in [0.1, 0.15) is 19.4 Å². The van der Waals surface area contributed by atoms with E-state index in [2.05, 4.69) is 10.1 Å². The third kappa shape index (κ3) is 5.44. The molecule has 0 amide bonds. The highest BCUT2D eigenvalue weighted by atomic mass is 19.4. The monoisotopic (exact) mass is 281 g/mol. The maximum absolute atomic E-state index is 13.0. The summed E-state index contributed by atoms with van der Waals surface area (Å²) < 4.78 is 53.3. The van der Waals surface area contributed by atoms with Crippen LogP contribution >= 0.6 is 0 Å². The first-order valence-electron chi connectivity index (χ1n) is 5.53. The lowest BCUT2D eigenvalue weighted by atomic mass is 10.1. The summed E-state index contributed by atoms with van der Waals surface area (Å²) in [6.07, 6.45) is -4.88. The number of nitrogens with one attached hydrogen (secondary N) is 1. The fraction of sp³-hybridized carbons (Fsp3) is 0.500. The molecule has 0 radical (unpaired) electrons. The molecule has 0 bridgehead atoms. The van der Waals surface area contributed by atoms with E-state index in [0.29, 0.717) is 6.07 Å². The van der Waals surface area contributed by atoms with Gasteiger partial charge in [-0.3, -0.25) is 0 Å². The Morgan fingerprint density at radius 3 is 2.42 bits per heavy atom. The van der Waals surface area contributed by atoms with Gasteiger partial charge in [-0.05, 0) is 19.9 Å². The van der Waals surface area contributed by atoms with Crippen LogP contribution in [0.3, 0.4) is 0 Å². The Balaban J connectivity index is 2.88. The topological polar surface area (TPSA) is 41.5 Å². The van der Waals surface area contributed by atoms with Crippen LogP contribution in [-0.4, -0.2) is 23.6 Å². The first-order valence-corrected chi connectivity index (χ1v) is 5.53. The number of aliphatic hydroxyl groups excluding tert-OH is 1. The maximum Gasteiger partial charge on any atom is 0.573 e. The van der Waals surface area contributed by atoms with Crippen molar-refractivity contribution >= 4 is 0 Å². The van der Waals surface area contributed by atoms with E-state index in [0.717, 1.165) is 6.07 Å². The number of benzene rings is 1. The molecule has 108 valence electrons. The van der Waals surface area contributed by atoms with Crippen molar-refractivity contribution in [3.63, 3.8) is 0 Å². The summed E-state index contributed by atoms with van der Waals surface area (Å²) in [5.74, 6) is -1.40. The third-order valence-corrected chi connectivity index (χ3v) is 2.41. The molecular formula is C12H15F4NO2. The highest BCUT2D eigenvalue weighted by Crippen LogP contribution is 2.27. The van der Waals surface area contributed by atoms with E-state index in [1.54, 1.807) is 13.8 Å². The Bertz CT molecular complexity index is 432. The van der Waals surface area contributed by atoms with Crippen LogP contribution in [0.5, 0.6) is 5.75 Å². The quantitative estimate of drug-likeness (QED) is 0.815. The van der Waals surface area contributed by atoms with Gasteiger partial charge in [0.05, 0.1) is 6.61 Å². The van der Waals surface area contributed by atoms with E-state index in [4.69, 9.17) is 5.11 Å². The van der Waals surface area contributed by atoms with Crippen molar-refractivity contribution in [2.45, 2.75) is 32.3 Å². The number of alkyl halides is 3. The lowest BCUT2D eigenvalue weighted by Gasteiger charge is -2.24. The van der Waals surface area contributed by atoms with Crippen LogP contribution in [-0.2, 0) is 6.54 Å². The smallest absolute Gasteiger partial charge is 0.405 e. The number of hydrogen-bond donors (Lipinski definition) is 2. The minimum absolute atomic E-state index is 0.0131. The zero-order chi connectivity index (χ0) is 14.7. The second-order valence-electron chi connectivity index (χ2n) is 4.70. The molecule has 0 aromatic heterocycles. The minimum atomic E-state index is -4.88. The molecule has 0 unspecified atom stereocenters. The zero-order valence-corrected chi connectivity index (χ0v) is 10.5. The number of halogens is 4. The van der Waals surface area contributed by atoms with Crippen LogP contribution in [0.2, 0.25) is 0 Å². The molecule has 0 atom stereocenters. The van der Waals surface area contributed by atoms with Gasteiger partial charge in [-0.15, -0.1) is 13.2 Å². The Morgan fingerprint density at radius 2 is 1.89 bits per heavy atom. The molecule has 0 saturated heterocycles. The number of ether oxygens (including phenoxy) is 1. The van der Waals surface area contributed by atoms with E-state index in [9.17, 15) is 17.6 Å². The fourth-order valence-corrected chi connectivity index (χ4v) is 1.28. The van der Waals surface area contributed by atoms with E-state index in [-0.39, 0.29) is 18.7 Å². The summed E-state index contributed by atoms with van der Waals surface area (Å²) >= 11 is 0. The maximum atomic E-state index is 13.0. The largest absolute Gasteiger partial charge is 0.573 e. The molecular weight excluding hydrogens is 266 g/mol. The molecule has 1 aromatic rings. The van der Waals surface area contributed by atoms with Gasteiger partial charge >= 0.3 is 6.36 Å². The summed E-state index contributed by atoms with van der Waals surface area (Å²) in [7, 11) is 0. The third-order valence-electron chi connectivity index (χ3n) is 2.41. The van der Waals surface area contributed by atoms with Crippen molar-refractivity contribution < 1.29 is 27.4 Å². The van der Waals surface area contributed by atoms with Gasteiger partial charge in [-0.2, -0.15) is 0 Å². The van der Waals surface area contributed by atoms with E-state index in [1.165, 1.54) is 6.07 Å². The Kier molecular flexibility index (Phi) is 4.75. The van der Waals surface area contributed by atoms with Gasteiger partial charge in [0.2, 0.25) is 0 Å². The van der Waals surface area contributed by atoms with Crippen molar-refractivity contribution in [3.05, 3.63) is 29.6 Å². The molecule has 7 heteroatoms. The van der Waals surface area contributed by atoms with Crippen molar-refractivity contribution in [2.24, 2.45) is 0 Å². The number of rotatable bonds is 5. The highest BCUT2D eigenvalue weighted by Gasteiger charge is 2.32. The zero-order valence-electron chi connectivity index (χ0n) is 10.5. The van der Waals surface area contributed by atoms with Crippen LogP contribution < -0.4 is 10.1 Å². The summed E-state index contributed by atoms with van der Waals surface area (Å²) in [6.45, 7) is 3.19. The van der Waals surface area contributed by atoms with Crippen LogP contribution in [0, 0.1) is 5.82 Å². The Morgan fingerprint density at radius 1 is 1.26 bits per heavy atom. The predicted octanol–water partition coefficient (Wildman–Crippen LogP) is 2.58. The molecule has 2 N–H and O–H groups in total. The lowest BCUT2D eigenvalue weighted by molar-refractivity contribution is -0.275. The molecule has 0 saturated carbocycles. The predicted molar refractivity (Wildman–Crippen MR) is 61.1 cm³/mol. The SMILES string of the molecule is CC(C)(CO)NCc1ccc(F)cc1OC(F)(F)F. The van der Waals surface area contributed by atoms with Crippen LogP contribution in [0.25, 0.3) is 0 Å². The average molecular weight is 281 g/mol. The van der Waals surface area contributed by atoms with Gasteiger partial charge in [0.15, 0.2) is 0 Å². The summed E-state index contributed by atoms with van der Waals surface area (Å²) in [5, 5.41) is 11.9. The molecule has 0 spiro atoms. The molecule has 0 fully saturated rings. The Hall–Kier alpha value is -1.34. The van der Waals surface area contributed by atoms with Crippen molar-refractivity contribution in [2.75, 3.05) is 6.61 Å². The highest BCUT2D eigenvalue weighted by molar-refractivity contribution is 5.34. The second kappa shape index (κ2) is 5.75. The molecule has 0 aliphatic heterocycles. The molecule has 3 nitrogen and oxygen atoms in total. The fourth-order valence-electron chi connectivity index (χ4n) is 1.28. The van der Waals surface area contributed by atoms with Gasteiger partial charge < -0.3 is 15.2 Å². The minimum Gasteiger partial charge on any atom is -0.405 e. The van der Waals surface area contributed by atoms with Crippen LogP contribution in [0.4, 0.5) is 17.6 Å². The molecule has 1 rings (SSSR count). The second-order valence-corrected chi connectivity index (χ2v) is 4.70. The van der Waals surface area contributed by atoms with Crippen molar-refractivity contribution in [1.82, 2.24) is 5.32 Å². The summed E-state index contributed by atoms with van der Waals surface area (Å²) in [6, 6.07) is 2.93. The van der Waals surface area contributed by atoms with E-state index in [1.807, 2.05) is 0 Å². The number of aliphatic hydroxyl groups is 1. The Labute approximate surface area is 108 Å². The summed E-state index contributed by atoms with van der Waals surface area (Å²) in [5.41, 5.74) is -0.510. The molecule has 19 heavy (non-hydrogen) atoms. The van der Waals surface area contributed by atoms with E-state index >= 15 is 0 Å². The summed E-state index contributed by atoms with van der Waals surface area (Å²) in [4.78, 5) is 0. The standard InChI is InChI=1S/C12H15F4NO2/c1-11(2,7-18)17-6-8-3-4-9(13)5-10(8)19-12(14,15)16/h3-5,17-18H,6-7H2,1-2H3. The van der Waals surface area contributed by atoms with Crippen LogP contribution in [0.15, 0.2) is 18.2 Å². The average Bonchev–Trinajstić information content (AvgIpc) is 2.26. The normalized spacial score (nSPS) is 12.6. The van der Waals surface area contributed by atoms with Crippen molar-refractivity contribution in [1.29, 1.82) is 0 Å². The van der Waals surface area contributed by atoms with Gasteiger partial charge in [0.1, 0.15) is 11.6 Å². The molecule has 0 aliphatic carbocycles. The van der Waals surface area contributed by atoms with Gasteiger partial charge in [0, 0.05) is 23.7 Å². The molecule has 1 aromatic carbocycles. The van der Waals surface area contributed by atoms with Gasteiger partial charge in [-0.25, -0.2) is 4.39 Å². The van der Waals surface area contributed by atoms with Gasteiger partial charge in [-0.1, -0.05) is 6.07 Å². The first kappa shape index (κ1) is 15.7. The first-order chi connectivity index (χ1) is 8.63. The van der Waals surface area contributed by atoms with E-state index < -0.39 is 23.5 Å². The molecule has 0 heterocycles. The molecule has 0 aliphatic rings. The number of hydrogen-bond acceptors (Lipinski definition) is 3. The lowest BCUT2D eigenvalue weighted by Crippen LogP contribution is -2.42. The van der Waals surface area contributed by atoms with Gasteiger partial charge in [0.25, 0.3) is 0 Å². The van der Waals surface area contributed by atoms with Crippen molar-refractivity contribution in [3.8, 4) is 5.75 Å².